The van der Waals surface area contributed by atoms with E-state index >= 15 is 0 Å². The SMILES string of the molecule is CC[C@H](CO)NCCOc1ccc(C)cc1. The lowest BCUT2D eigenvalue weighted by molar-refractivity contribution is 0.227. The molecule has 0 aromatic heterocycles. The molecule has 1 aromatic carbocycles. The third-order valence-corrected chi connectivity index (χ3v) is 2.54. The maximum atomic E-state index is 8.97. The van der Waals surface area contributed by atoms with Crippen LogP contribution in [-0.4, -0.2) is 30.9 Å². The molecule has 0 bridgehead atoms. The van der Waals surface area contributed by atoms with Gasteiger partial charge in [0, 0.05) is 12.6 Å². The van der Waals surface area contributed by atoms with Crippen molar-refractivity contribution in [1.82, 2.24) is 5.32 Å². The molecule has 0 aliphatic rings. The Hall–Kier alpha value is -1.06. The predicted octanol–water partition coefficient (Wildman–Crippen LogP) is 1.73. The molecule has 0 amide bonds. The van der Waals surface area contributed by atoms with Crippen LogP contribution in [0.4, 0.5) is 0 Å². The zero-order chi connectivity index (χ0) is 11.8. The highest BCUT2D eigenvalue weighted by atomic mass is 16.5. The Morgan fingerprint density at radius 2 is 2.00 bits per heavy atom. The second-order valence-electron chi connectivity index (χ2n) is 3.90. The first-order valence-corrected chi connectivity index (χ1v) is 5.80. The number of hydrogen-bond donors (Lipinski definition) is 2. The van der Waals surface area contributed by atoms with Crippen molar-refractivity contribution in [1.29, 1.82) is 0 Å². The first-order valence-electron chi connectivity index (χ1n) is 5.80. The number of nitrogens with one attached hydrogen (secondary N) is 1. The smallest absolute Gasteiger partial charge is 0.119 e. The minimum atomic E-state index is 0.182. The van der Waals surface area contributed by atoms with Gasteiger partial charge in [-0.3, -0.25) is 0 Å². The monoisotopic (exact) mass is 223 g/mol. The van der Waals surface area contributed by atoms with E-state index in [1.54, 1.807) is 0 Å². The van der Waals surface area contributed by atoms with E-state index in [4.69, 9.17) is 9.84 Å². The molecule has 0 unspecified atom stereocenters. The zero-order valence-corrected chi connectivity index (χ0v) is 10.1. The maximum Gasteiger partial charge on any atom is 0.119 e. The Morgan fingerprint density at radius 3 is 2.56 bits per heavy atom. The number of aliphatic hydroxyl groups excluding tert-OH is 1. The van der Waals surface area contributed by atoms with Crippen molar-refractivity contribution in [2.45, 2.75) is 26.3 Å². The fourth-order valence-electron chi connectivity index (χ4n) is 1.40. The average molecular weight is 223 g/mol. The molecule has 90 valence electrons. The third-order valence-electron chi connectivity index (χ3n) is 2.54. The van der Waals surface area contributed by atoms with Crippen molar-refractivity contribution in [3.63, 3.8) is 0 Å². The number of hydrogen-bond acceptors (Lipinski definition) is 3. The summed E-state index contributed by atoms with van der Waals surface area (Å²) in [6.45, 7) is 5.67. The summed E-state index contributed by atoms with van der Waals surface area (Å²) in [5, 5.41) is 12.2. The van der Waals surface area contributed by atoms with Crippen molar-refractivity contribution in [3.05, 3.63) is 29.8 Å². The van der Waals surface area contributed by atoms with Gasteiger partial charge in [0.25, 0.3) is 0 Å². The van der Waals surface area contributed by atoms with E-state index in [2.05, 4.69) is 19.2 Å². The van der Waals surface area contributed by atoms with Crippen molar-refractivity contribution in [2.24, 2.45) is 0 Å². The van der Waals surface area contributed by atoms with E-state index in [0.717, 1.165) is 18.7 Å². The molecule has 3 nitrogen and oxygen atoms in total. The lowest BCUT2D eigenvalue weighted by Crippen LogP contribution is -2.34. The van der Waals surface area contributed by atoms with Crippen LogP contribution >= 0.6 is 0 Å². The molecule has 0 radical (unpaired) electrons. The van der Waals surface area contributed by atoms with Crippen LogP contribution in [0.3, 0.4) is 0 Å². The second-order valence-corrected chi connectivity index (χ2v) is 3.90. The van der Waals surface area contributed by atoms with Gasteiger partial charge in [0.2, 0.25) is 0 Å². The molecular weight excluding hydrogens is 202 g/mol. The first-order chi connectivity index (χ1) is 7.76. The summed E-state index contributed by atoms with van der Waals surface area (Å²) < 4.78 is 5.56. The van der Waals surface area contributed by atoms with Gasteiger partial charge in [-0.1, -0.05) is 24.6 Å². The Balaban J connectivity index is 2.18. The highest BCUT2D eigenvalue weighted by Gasteiger charge is 2.02. The number of ether oxygens (including phenoxy) is 1. The quantitative estimate of drug-likeness (QED) is 0.692. The highest BCUT2D eigenvalue weighted by molar-refractivity contribution is 5.26. The lowest BCUT2D eigenvalue weighted by Gasteiger charge is -2.14. The molecule has 16 heavy (non-hydrogen) atoms. The van der Waals surface area contributed by atoms with Crippen LogP contribution in [0.1, 0.15) is 18.9 Å². The van der Waals surface area contributed by atoms with Crippen LogP contribution in [0, 0.1) is 6.92 Å². The molecule has 1 aromatic rings. The summed E-state index contributed by atoms with van der Waals surface area (Å²) in [5.41, 5.74) is 1.23. The topological polar surface area (TPSA) is 41.5 Å². The molecule has 3 heteroatoms. The molecule has 1 rings (SSSR count). The van der Waals surface area contributed by atoms with Crippen molar-refractivity contribution >= 4 is 0 Å². The van der Waals surface area contributed by atoms with Gasteiger partial charge in [0.15, 0.2) is 0 Å². The van der Waals surface area contributed by atoms with Gasteiger partial charge in [-0.05, 0) is 25.5 Å². The number of rotatable bonds is 7. The fourth-order valence-corrected chi connectivity index (χ4v) is 1.40. The van der Waals surface area contributed by atoms with Gasteiger partial charge in [0.1, 0.15) is 12.4 Å². The largest absolute Gasteiger partial charge is 0.492 e. The van der Waals surface area contributed by atoms with Crippen molar-refractivity contribution < 1.29 is 9.84 Å². The number of benzene rings is 1. The molecule has 0 spiro atoms. The molecule has 0 heterocycles. The summed E-state index contributed by atoms with van der Waals surface area (Å²) in [5.74, 6) is 0.893. The summed E-state index contributed by atoms with van der Waals surface area (Å²) in [6, 6.07) is 8.19. The molecular formula is C13H21NO2. The maximum absolute atomic E-state index is 8.97. The van der Waals surface area contributed by atoms with Gasteiger partial charge < -0.3 is 15.2 Å². The molecule has 0 saturated heterocycles. The molecule has 2 N–H and O–H groups in total. The minimum absolute atomic E-state index is 0.182. The van der Waals surface area contributed by atoms with E-state index < -0.39 is 0 Å². The van der Waals surface area contributed by atoms with Gasteiger partial charge in [0.05, 0.1) is 6.61 Å². The predicted molar refractivity (Wildman–Crippen MR) is 65.8 cm³/mol. The van der Waals surface area contributed by atoms with Crippen LogP contribution in [0.2, 0.25) is 0 Å². The van der Waals surface area contributed by atoms with E-state index in [0.29, 0.717) is 6.61 Å². The third kappa shape index (κ3) is 4.64. The van der Waals surface area contributed by atoms with Crippen LogP contribution in [-0.2, 0) is 0 Å². The first kappa shape index (κ1) is 13.0. The Kier molecular flexibility index (Phi) is 5.90. The fraction of sp³-hybridized carbons (Fsp3) is 0.538. The van der Waals surface area contributed by atoms with Crippen LogP contribution in [0.25, 0.3) is 0 Å². The standard InChI is InChI=1S/C13H21NO2/c1-3-12(10-15)14-8-9-16-13-6-4-11(2)5-7-13/h4-7,12,14-15H,3,8-10H2,1-2H3/t12-/m1/s1. The molecule has 1 atom stereocenters. The molecule has 0 fully saturated rings. The van der Waals surface area contributed by atoms with E-state index in [-0.39, 0.29) is 12.6 Å². The summed E-state index contributed by atoms with van der Waals surface area (Å²) in [7, 11) is 0. The summed E-state index contributed by atoms with van der Waals surface area (Å²) in [6.07, 6.45) is 0.932. The normalized spacial score (nSPS) is 12.4. The van der Waals surface area contributed by atoms with E-state index in [1.165, 1.54) is 5.56 Å². The summed E-state index contributed by atoms with van der Waals surface area (Å²) in [4.78, 5) is 0. The highest BCUT2D eigenvalue weighted by Crippen LogP contribution is 2.10. The molecule has 0 saturated carbocycles. The number of aryl methyl sites for hydroxylation is 1. The van der Waals surface area contributed by atoms with Crippen molar-refractivity contribution in [3.8, 4) is 5.75 Å². The van der Waals surface area contributed by atoms with Crippen molar-refractivity contribution in [2.75, 3.05) is 19.8 Å². The van der Waals surface area contributed by atoms with E-state index in [1.807, 2.05) is 24.3 Å². The van der Waals surface area contributed by atoms with Gasteiger partial charge >= 0.3 is 0 Å². The van der Waals surface area contributed by atoms with Gasteiger partial charge in [-0.25, -0.2) is 0 Å². The van der Waals surface area contributed by atoms with Gasteiger partial charge in [-0.2, -0.15) is 0 Å². The Labute approximate surface area is 97.4 Å². The van der Waals surface area contributed by atoms with Crippen LogP contribution in [0.15, 0.2) is 24.3 Å². The molecule has 0 aliphatic heterocycles. The van der Waals surface area contributed by atoms with Crippen LogP contribution in [0.5, 0.6) is 5.75 Å². The zero-order valence-electron chi connectivity index (χ0n) is 10.1. The lowest BCUT2D eigenvalue weighted by atomic mass is 10.2. The van der Waals surface area contributed by atoms with E-state index in [9.17, 15) is 0 Å². The van der Waals surface area contributed by atoms with Crippen LogP contribution < -0.4 is 10.1 Å². The summed E-state index contributed by atoms with van der Waals surface area (Å²) >= 11 is 0. The second kappa shape index (κ2) is 7.25. The molecule has 0 aliphatic carbocycles. The Morgan fingerprint density at radius 1 is 1.31 bits per heavy atom. The minimum Gasteiger partial charge on any atom is -0.492 e. The average Bonchev–Trinajstić information content (AvgIpc) is 2.32. The Bertz CT molecular complexity index is 280. The van der Waals surface area contributed by atoms with Gasteiger partial charge in [-0.15, -0.1) is 0 Å². The number of aliphatic hydroxyl groups is 1.